The van der Waals surface area contributed by atoms with Crippen LogP contribution >= 0.6 is 12.4 Å². The Labute approximate surface area is 79.1 Å². The first-order chi connectivity index (χ1) is 5.29. The second kappa shape index (κ2) is 5.01. The molecule has 68 valence electrons. The lowest BCUT2D eigenvalue weighted by Gasteiger charge is -2.08. The first-order valence-corrected chi connectivity index (χ1v) is 3.62. The van der Waals surface area contributed by atoms with E-state index < -0.39 is 0 Å². The molecule has 2 N–H and O–H groups in total. The SMILES string of the molecule is COc1cccc(C)c1CN.Cl. The minimum atomic E-state index is 0. The molecule has 3 heteroatoms. The molecule has 0 aliphatic rings. The lowest BCUT2D eigenvalue weighted by Crippen LogP contribution is -2.01. The molecule has 1 aromatic rings. The number of nitrogens with two attached hydrogens (primary N) is 1. The molecule has 0 bridgehead atoms. The van der Waals surface area contributed by atoms with Crippen LogP contribution in [0.15, 0.2) is 18.2 Å². The van der Waals surface area contributed by atoms with Gasteiger partial charge >= 0.3 is 0 Å². The monoisotopic (exact) mass is 187 g/mol. The molecule has 0 fully saturated rings. The highest BCUT2D eigenvalue weighted by atomic mass is 35.5. The molecule has 2 nitrogen and oxygen atoms in total. The third-order valence-corrected chi connectivity index (χ3v) is 1.79. The number of methoxy groups -OCH3 is 1. The van der Waals surface area contributed by atoms with Crippen molar-refractivity contribution in [1.29, 1.82) is 0 Å². The molecular weight excluding hydrogens is 174 g/mol. The van der Waals surface area contributed by atoms with Crippen molar-refractivity contribution in [3.05, 3.63) is 29.3 Å². The van der Waals surface area contributed by atoms with Gasteiger partial charge in [-0.2, -0.15) is 0 Å². The van der Waals surface area contributed by atoms with Gasteiger partial charge in [-0.25, -0.2) is 0 Å². The van der Waals surface area contributed by atoms with Gasteiger partial charge in [0, 0.05) is 12.1 Å². The minimum Gasteiger partial charge on any atom is -0.496 e. The van der Waals surface area contributed by atoms with Gasteiger partial charge in [0.05, 0.1) is 7.11 Å². The van der Waals surface area contributed by atoms with Gasteiger partial charge in [0.25, 0.3) is 0 Å². The fourth-order valence-corrected chi connectivity index (χ4v) is 1.13. The standard InChI is InChI=1S/C9H13NO.ClH/c1-7-4-3-5-9(11-2)8(7)6-10;/h3-5H,6,10H2,1-2H3;1H. The summed E-state index contributed by atoms with van der Waals surface area (Å²) in [5, 5.41) is 0. The molecule has 0 atom stereocenters. The molecule has 0 amide bonds. The number of aryl methyl sites for hydroxylation is 1. The largest absolute Gasteiger partial charge is 0.496 e. The Balaban J connectivity index is 0.00000121. The summed E-state index contributed by atoms with van der Waals surface area (Å²) >= 11 is 0. The predicted octanol–water partition coefficient (Wildman–Crippen LogP) is 1.88. The van der Waals surface area contributed by atoms with Crippen molar-refractivity contribution in [2.45, 2.75) is 13.5 Å². The number of hydrogen-bond donors (Lipinski definition) is 1. The van der Waals surface area contributed by atoms with Gasteiger partial charge in [-0.1, -0.05) is 12.1 Å². The summed E-state index contributed by atoms with van der Waals surface area (Å²) in [6.07, 6.45) is 0. The zero-order valence-electron chi connectivity index (χ0n) is 7.33. The van der Waals surface area contributed by atoms with Crippen LogP contribution in [0.2, 0.25) is 0 Å². The first kappa shape index (κ1) is 11.3. The van der Waals surface area contributed by atoms with Crippen molar-refractivity contribution in [3.8, 4) is 5.75 Å². The van der Waals surface area contributed by atoms with Crippen LogP contribution in [0.3, 0.4) is 0 Å². The van der Waals surface area contributed by atoms with Gasteiger partial charge in [0.15, 0.2) is 0 Å². The number of ether oxygens (including phenoxy) is 1. The Morgan fingerprint density at radius 3 is 2.50 bits per heavy atom. The Morgan fingerprint density at radius 2 is 2.08 bits per heavy atom. The average molecular weight is 188 g/mol. The third-order valence-electron chi connectivity index (χ3n) is 1.79. The molecule has 1 rings (SSSR count). The summed E-state index contributed by atoms with van der Waals surface area (Å²) in [6.45, 7) is 2.57. The molecule has 0 spiro atoms. The van der Waals surface area contributed by atoms with Crippen LogP contribution in [0.4, 0.5) is 0 Å². The maximum Gasteiger partial charge on any atom is 0.123 e. The second-order valence-corrected chi connectivity index (χ2v) is 2.46. The van der Waals surface area contributed by atoms with Crippen LogP contribution in [-0.4, -0.2) is 7.11 Å². The van der Waals surface area contributed by atoms with E-state index in [1.165, 1.54) is 5.56 Å². The normalized spacial score (nSPS) is 8.92. The summed E-state index contributed by atoms with van der Waals surface area (Å²) in [7, 11) is 1.66. The van der Waals surface area contributed by atoms with E-state index in [1.807, 2.05) is 25.1 Å². The lowest BCUT2D eigenvalue weighted by atomic mass is 10.1. The Hall–Kier alpha value is -0.730. The number of rotatable bonds is 2. The average Bonchev–Trinajstić information content (AvgIpc) is 2.04. The molecule has 0 saturated carbocycles. The van der Waals surface area contributed by atoms with Crippen molar-refractivity contribution in [1.82, 2.24) is 0 Å². The molecule has 0 unspecified atom stereocenters. The van der Waals surface area contributed by atoms with E-state index in [-0.39, 0.29) is 12.4 Å². The summed E-state index contributed by atoms with van der Waals surface area (Å²) in [5.74, 6) is 0.882. The molecule has 0 aromatic heterocycles. The van der Waals surface area contributed by atoms with E-state index in [0.717, 1.165) is 11.3 Å². The molecule has 0 radical (unpaired) electrons. The van der Waals surface area contributed by atoms with Gasteiger partial charge in [0.2, 0.25) is 0 Å². The highest BCUT2D eigenvalue weighted by Crippen LogP contribution is 2.20. The van der Waals surface area contributed by atoms with E-state index in [1.54, 1.807) is 7.11 Å². The van der Waals surface area contributed by atoms with E-state index in [9.17, 15) is 0 Å². The topological polar surface area (TPSA) is 35.2 Å². The summed E-state index contributed by atoms with van der Waals surface area (Å²) in [6, 6.07) is 5.92. The van der Waals surface area contributed by atoms with Gasteiger partial charge in [-0.05, 0) is 18.6 Å². The van der Waals surface area contributed by atoms with Crippen molar-refractivity contribution in [3.63, 3.8) is 0 Å². The second-order valence-electron chi connectivity index (χ2n) is 2.46. The van der Waals surface area contributed by atoms with E-state index in [4.69, 9.17) is 10.5 Å². The van der Waals surface area contributed by atoms with Gasteiger partial charge in [-0.15, -0.1) is 12.4 Å². The minimum absolute atomic E-state index is 0. The van der Waals surface area contributed by atoms with Crippen LogP contribution in [0.1, 0.15) is 11.1 Å². The first-order valence-electron chi connectivity index (χ1n) is 3.62. The Kier molecular flexibility index (Phi) is 4.71. The van der Waals surface area contributed by atoms with Crippen molar-refractivity contribution < 1.29 is 4.74 Å². The molecular formula is C9H14ClNO. The molecule has 0 aliphatic heterocycles. The van der Waals surface area contributed by atoms with Gasteiger partial charge in [-0.3, -0.25) is 0 Å². The third kappa shape index (κ3) is 2.13. The highest BCUT2D eigenvalue weighted by molar-refractivity contribution is 5.85. The Morgan fingerprint density at radius 1 is 1.42 bits per heavy atom. The van der Waals surface area contributed by atoms with Crippen LogP contribution in [0.5, 0.6) is 5.75 Å². The number of halogens is 1. The van der Waals surface area contributed by atoms with Crippen LogP contribution < -0.4 is 10.5 Å². The van der Waals surface area contributed by atoms with E-state index >= 15 is 0 Å². The van der Waals surface area contributed by atoms with Crippen LogP contribution in [0.25, 0.3) is 0 Å². The lowest BCUT2D eigenvalue weighted by molar-refractivity contribution is 0.409. The van der Waals surface area contributed by atoms with Crippen LogP contribution in [0, 0.1) is 6.92 Å². The Bertz CT molecular complexity index is 250. The maximum atomic E-state index is 5.55. The zero-order valence-corrected chi connectivity index (χ0v) is 8.15. The zero-order chi connectivity index (χ0) is 8.27. The summed E-state index contributed by atoms with van der Waals surface area (Å²) in [4.78, 5) is 0. The molecule has 0 saturated heterocycles. The van der Waals surface area contributed by atoms with Gasteiger partial charge < -0.3 is 10.5 Å². The fourth-order valence-electron chi connectivity index (χ4n) is 1.13. The molecule has 0 heterocycles. The fraction of sp³-hybridized carbons (Fsp3) is 0.333. The molecule has 12 heavy (non-hydrogen) atoms. The van der Waals surface area contributed by atoms with Crippen LogP contribution in [-0.2, 0) is 6.54 Å². The van der Waals surface area contributed by atoms with Crippen molar-refractivity contribution in [2.75, 3.05) is 7.11 Å². The van der Waals surface area contributed by atoms with E-state index in [0.29, 0.717) is 6.54 Å². The predicted molar refractivity (Wildman–Crippen MR) is 52.9 cm³/mol. The molecule has 0 aliphatic carbocycles. The molecule has 1 aromatic carbocycles. The van der Waals surface area contributed by atoms with Gasteiger partial charge in [0.1, 0.15) is 5.75 Å². The van der Waals surface area contributed by atoms with Crippen molar-refractivity contribution in [2.24, 2.45) is 5.73 Å². The smallest absolute Gasteiger partial charge is 0.123 e. The summed E-state index contributed by atoms with van der Waals surface area (Å²) < 4.78 is 5.14. The van der Waals surface area contributed by atoms with Crippen molar-refractivity contribution >= 4 is 12.4 Å². The highest BCUT2D eigenvalue weighted by Gasteiger charge is 2.01. The quantitative estimate of drug-likeness (QED) is 0.768. The number of hydrogen-bond acceptors (Lipinski definition) is 2. The summed E-state index contributed by atoms with van der Waals surface area (Å²) in [5.41, 5.74) is 7.83. The number of benzene rings is 1. The van der Waals surface area contributed by atoms with E-state index in [2.05, 4.69) is 0 Å². The maximum absolute atomic E-state index is 5.55.